The molecule has 0 N–H and O–H groups in total. The Morgan fingerprint density at radius 1 is 1.60 bits per heavy atom. The normalized spacial score (nSPS) is 13.0. The van der Waals surface area contributed by atoms with Crippen LogP contribution in [0.2, 0.25) is 0 Å². The summed E-state index contributed by atoms with van der Waals surface area (Å²) in [5.41, 5.74) is 0. The van der Waals surface area contributed by atoms with Crippen molar-refractivity contribution in [2.75, 3.05) is 12.4 Å². The number of carbonyl (C=O) groups excluding carboxylic acids is 1. The van der Waals surface area contributed by atoms with Crippen molar-refractivity contribution in [2.24, 2.45) is 4.36 Å². The van der Waals surface area contributed by atoms with E-state index in [4.69, 9.17) is 0 Å². The van der Waals surface area contributed by atoms with Gasteiger partial charge in [0.25, 0.3) is 0 Å². The number of carbonyl (C=O) groups is 1. The largest absolute Gasteiger partial charge is 0.450 e. The molecule has 0 rings (SSSR count). The Bertz CT molecular complexity index is 183. The maximum atomic E-state index is 10.5. The molecule has 5 heteroatoms. The van der Waals surface area contributed by atoms with Gasteiger partial charge in [0.05, 0.1) is 6.61 Å². The first kappa shape index (κ1) is 9.42. The van der Waals surface area contributed by atoms with E-state index in [1.165, 1.54) is 0 Å². The fourth-order valence-electron chi connectivity index (χ4n) is 0.298. The molecule has 4 nitrogen and oxygen atoms in total. The Morgan fingerprint density at radius 3 is 2.60 bits per heavy atom. The summed E-state index contributed by atoms with van der Waals surface area (Å²) in [6, 6.07) is 0. The van der Waals surface area contributed by atoms with Crippen LogP contribution >= 0.6 is 0 Å². The van der Waals surface area contributed by atoms with Crippen LogP contribution in [0.5, 0.6) is 0 Å². The van der Waals surface area contributed by atoms with Gasteiger partial charge in [0.15, 0.2) is 0 Å². The number of nitrogens with zero attached hydrogens (tertiary/aromatic N) is 1. The summed E-state index contributed by atoms with van der Waals surface area (Å²) < 4.78 is 18.2. The summed E-state index contributed by atoms with van der Waals surface area (Å²) in [6.45, 7) is 3.62. The second-order valence-corrected chi connectivity index (χ2v) is 2.80. The molecule has 0 fully saturated rings. The number of hydrogen-bond donors (Lipinski definition) is 0. The summed E-state index contributed by atoms with van der Waals surface area (Å²) in [5, 5.41) is 0. The fraction of sp³-hybridized carbons (Fsp3) is 0.800. The minimum Gasteiger partial charge on any atom is -0.450 e. The predicted molar refractivity (Wildman–Crippen MR) is 38.0 cm³/mol. The molecular formula is C5H10NO3S-. The quantitative estimate of drug-likeness (QED) is 0.578. The molecule has 0 saturated carbocycles. The number of ether oxygens (including phenoxy) is 1. The lowest BCUT2D eigenvalue weighted by Crippen LogP contribution is -1.97. The topological polar surface area (TPSA) is 55.7 Å². The van der Waals surface area contributed by atoms with Gasteiger partial charge in [-0.05, 0) is 6.92 Å². The maximum absolute atomic E-state index is 10.5. The van der Waals surface area contributed by atoms with Crippen molar-refractivity contribution in [2.45, 2.75) is 13.8 Å². The third-order valence-electron chi connectivity index (χ3n) is 0.691. The van der Waals surface area contributed by atoms with Crippen molar-refractivity contribution in [3.63, 3.8) is 0 Å². The summed E-state index contributed by atoms with van der Waals surface area (Å²) in [5.74, 6) is 0.346. The minimum atomic E-state index is -1.41. The molecule has 0 heterocycles. The first-order chi connectivity index (χ1) is 4.70. The van der Waals surface area contributed by atoms with Crippen molar-refractivity contribution < 1.29 is 13.7 Å². The van der Waals surface area contributed by atoms with Crippen LogP contribution in [-0.2, 0) is 19.5 Å². The molecule has 60 valence electrons. The van der Waals surface area contributed by atoms with Gasteiger partial charge in [-0.25, -0.2) is 4.79 Å². The van der Waals surface area contributed by atoms with E-state index in [-0.39, 0.29) is 6.61 Å². The van der Waals surface area contributed by atoms with Crippen molar-refractivity contribution >= 4 is 16.7 Å². The van der Waals surface area contributed by atoms with Gasteiger partial charge in [-0.3, -0.25) is 4.36 Å². The summed E-state index contributed by atoms with van der Waals surface area (Å²) >= 11 is 0. The van der Waals surface area contributed by atoms with Gasteiger partial charge < -0.3 is 8.95 Å². The zero-order valence-corrected chi connectivity index (χ0v) is 6.81. The predicted octanol–water partition coefficient (Wildman–Crippen LogP) is 1.31. The molecule has 0 bridgehead atoms. The van der Waals surface area contributed by atoms with E-state index in [0.29, 0.717) is 5.75 Å². The molecular weight excluding hydrogens is 154 g/mol. The van der Waals surface area contributed by atoms with E-state index in [9.17, 15) is 9.00 Å². The molecule has 10 heavy (non-hydrogen) atoms. The van der Waals surface area contributed by atoms with Crippen molar-refractivity contribution in [1.29, 1.82) is 0 Å². The minimum absolute atomic E-state index is 0.267. The smallest absolute Gasteiger partial charge is 0.409 e. The van der Waals surface area contributed by atoms with Crippen LogP contribution in [0.15, 0.2) is 4.36 Å². The highest BCUT2D eigenvalue weighted by Gasteiger charge is 1.88. The molecule has 0 unspecified atom stereocenters. The van der Waals surface area contributed by atoms with Crippen LogP contribution in [0.1, 0.15) is 13.8 Å². The summed E-state index contributed by atoms with van der Waals surface area (Å²) in [7, 11) is -1.41. The van der Waals surface area contributed by atoms with E-state index in [0.717, 1.165) is 0 Å². The second kappa shape index (κ2) is 5.22. The Hall–Kier alpha value is -0.580. The zero-order valence-electron chi connectivity index (χ0n) is 5.99. The molecule has 0 aliphatic rings. The monoisotopic (exact) mass is 164 g/mol. The SMILES string of the molecule is CCOC(=O)N=[S-](=O)CC. The highest BCUT2D eigenvalue weighted by molar-refractivity contribution is 7.75. The lowest BCUT2D eigenvalue weighted by atomic mass is 10.9. The Labute approximate surface area is 61.8 Å². The lowest BCUT2D eigenvalue weighted by Gasteiger charge is -1.98. The molecule has 1 amide bonds. The number of hydrogen-bond acceptors (Lipinski definition) is 4. The highest BCUT2D eigenvalue weighted by atomic mass is 32.2. The molecule has 0 aliphatic carbocycles. The number of amides is 1. The van der Waals surface area contributed by atoms with Crippen LogP contribution in [0.25, 0.3) is 0 Å². The van der Waals surface area contributed by atoms with Crippen molar-refractivity contribution in [1.82, 2.24) is 0 Å². The first-order valence-electron chi connectivity index (χ1n) is 2.97. The Kier molecular flexibility index (Phi) is 4.92. The van der Waals surface area contributed by atoms with E-state index >= 15 is 0 Å². The lowest BCUT2D eigenvalue weighted by molar-refractivity contribution is 0.164. The van der Waals surface area contributed by atoms with E-state index < -0.39 is 16.7 Å². The average molecular weight is 164 g/mol. The Balaban J connectivity index is 3.88. The van der Waals surface area contributed by atoms with Gasteiger partial charge in [-0.15, -0.1) is 0 Å². The first-order valence-corrected chi connectivity index (χ1v) is 4.25. The molecule has 0 radical (unpaired) electrons. The molecule has 0 saturated heterocycles. The van der Waals surface area contributed by atoms with Gasteiger partial charge in [0.1, 0.15) is 0 Å². The van der Waals surface area contributed by atoms with Crippen molar-refractivity contribution in [3.8, 4) is 0 Å². The van der Waals surface area contributed by atoms with E-state index in [2.05, 4.69) is 9.10 Å². The van der Waals surface area contributed by atoms with Gasteiger partial charge in [-0.1, -0.05) is 12.7 Å². The molecule has 0 aromatic heterocycles. The molecule has 0 atom stereocenters. The zero-order chi connectivity index (χ0) is 7.98. The molecule has 0 aromatic rings. The fourth-order valence-corrected chi connectivity index (χ4v) is 0.646. The summed E-state index contributed by atoms with van der Waals surface area (Å²) in [4.78, 5) is 10.4. The molecule has 0 spiro atoms. The third-order valence-corrected chi connectivity index (χ3v) is 1.54. The van der Waals surface area contributed by atoms with Crippen molar-refractivity contribution in [3.05, 3.63) is 0 Å². The van der Waals surface area contributed by atoms with Gasteiger partial charge >= 0.3 is 6.09 Å². The average Bonchev–Trinajstić information content (AvgIpc) is 1.88. The van der Waals surface area contributed by atoms with Crippen LogP contribution < -0.4 is 0 Å². The van der Waals surface area contributed by atoms with E-state index in [1.54, 1.807) is 13.8 Å². The number of rotatable bonds is 2. The van der Waals surface area contributed by atoms with Gasteiger partial charge in [0, 0.05) is 0 Å². The third kappa shape index (κ3) is 4.31. The summed E-state index contributed by atoms with van der Waals surface area (Å²) in [6.07, 6.45) is -0.748. The molecule has 0 aromatic carbocycles. The van der Waals surface area contributed by atoms with Gasteiger partial charge in [-0.2, -0.15) is 10.6 Å². The maximum Gasteiger partial charge on any atom is 0.409 e. The van der Waals surface area contributed by atoms with Crippen LogP contribution in [0.4, 0.5) is 4.79 Å². The van der Waals surface area contributed by atoms with Gasteiger partial charge in [0.2, 0.25) is 0 Å². The van der Waals surface area contributed by atoms with E-state index in [1.807, 2.05) is 0 Å². The van der Waals surface area contributed by atoms with Crippen LogP contribution in [-0.4, -0.2) is 18.5 Å². The highest BCUT2D eigenvalue weighted by Crippen LogP contribution is 1.84. The standard InChI is InChI=1S/C5H10NO3S/c1-3-9-5(7)6-10(8)4-2/h3-4H2,1-2H3/q-1. The van der Waals surface area contributed by atoms with Crippen LogP contribution in [0, 0.1) is 0 Å². The second-order valence-electron chi connectivity index (χ2n) is 1.40. The van der Waals surface area contributed by atoms with Crippen LogP contribution in [0.3, 0.4) is 0 Å². The molecule has 0 aliphatic heterocycles. The Morgan fingerprint density at radius 2 is 2.20 bits per heavy atom.